The largest absolute Gasteiger partial charge is 0.463 e. The minimum atomic E-state index is 0.461. The zero-order valence-electron chi connectivity index (χ0n) is 17.9. The van der Waals surface area contributed by atoms with E-state index in [1.54, 1.807) is 6.26 Å². The van der Waals surface area contributed by atoms with E-state index in [2.05, 4.69) is 56.4 Å². The summed E-state index contributed by atoms with van der Waals surface area (Å²) in [5.74, 6) is 2.46. The fourth-order valence-corrected chi connectivity index (χ4v) is 4.25. The summed E-state index contributed by atoms with van der Waals surface area (Å²) < 4.78 is 5.43. The number of anilines is 3. The van der Waals surface area contributed by atoms with Gasteiger partial charge in [-0.05, 0) is 49.5 Å². The molecule has 1 saturated heterocycles. The first kappa shape index (κ1) is 20.5. The summed E-state index contributed by atoms with van der Waals surface area (Å²) in [6.07, 6.45) is 1.63. The van der Waals surface area contributed by atoms with E-state index >= 15 is 0 Å². The number of piperazine rings is 1. The van der Waals surface area contributed by atoms with E-state index in [-0.39, 0.29) is 0 Å². The van der Waals surface area contributed by atoms with Gasteiger partial charge in [-0.15, -0.1) is 0 Å². The van der Waals surface area contributed by atoms with Gasteiger partial charge in [-0.1, -0.05) is 18.2 Å². The van der Waals surface area contributed by atoms with Gasteiger partial charge in [0.25, 0.3) is 0 Å². The van der Waals surface area contributed by atoms with Crippen LogP contribution in [0.5, 0.6) is 0 Å². The lowest BCUT2D eigenvalue weighted by molar-refractivity contribution is 0.311. The number of hydrogen-bond donors (Lipinski definition) is 2. The van der Waals surface area contributed by atoms with E-state index in [0.717, 1.165) is 42.5 Å². The Morgan fingerprint density at radius 1 is 1.03 bits per heavy atom. The van der Waals surface area contributed by atoms with E-state index in [1.807, 2.05) is 30.3 Å². The molecule has 5 rings (SSSR count). The van der Waals surface area contributed by atoms with E-state index in [9.17, 15) is 0 Å². The van der Waals surface area contributed by atoms with Crippen molar-refractivity contribution in [3.8, 4) is 11.5 Å². The lowest BCUT2D eigenvalue weighted by Crippen LogP contribution is -2.45. The van der Waals surface area contributed by atoms with Crippen molar-refractivity contribution >= 4 is 29.5 Å². The van der Waals surface area contributed by atoms with Gasteiger partial charge in [0, 0.05) is 37.1 Å². The van der Waals surface area contributed by atoms with Crippen molar-refractivity contribution < 1.29 is 4.42 Å². The van der Waals surface area contributed by atoms with Gasteiger partial charge in [0.15, 0.2) is 16.7 Å². The molecule has 2 N–H and O–H groups in total. The molecule has 0 spiro atoms. The molecule has 1 aliphatic rings. The van der Waals surface area contributed by atoms with Crippen LogP contribution in [0.25, 0.3) is 11.5 Å². The second kappa shape index (κ2) is 9.01. The zero-order chi connectivity index (χ0) is 21.9. The summed E-state index contributed by atoms with van der Waals surface area (Å²) in [6.45, 7) is 5.78. The Labute approximate surface area is 190 Å². The number of aromatic nitrogens is 5. The maximum atomic E-state index is 5.43. The normalized spacial score (nSPS) is 14.6. The molecule has 0 radical (unpaired) electrons. The highest BCUT2D eigenvalue weighted by molar-refractivity contribution is 7.99. The van der Waals surface area contributed by atoms with E-state index in [1.165, 1.54) is 17.3 Å². The number of likely N-dealkylation sites (N-methyl/N-ethyl adjacent to an activating group) is 1. The number of furan rings is 1. The molecule has 0 saturated carbocycles. The fraction of sp³-hybridized carbons (Fsp3) is 0.273. The SMILES string of the molecule is Cc1ccccc1Sc1nc(Nc2cc(-c3ccco3)[nH]n2)nc(N2CCN(C)CC2)n1. The minimum Gasteiger partial charge on any atom is -0.463 e. The molecule has 164 valence electrons. The van der Waals surface area contributed by atoms with Crippen LogP contribution < -0.4 is 10.2 Å². The molecule has 0 unspecified atom stereocenters. The molecule has 0 bridgehead atoms. The summed E-state index contributed by atoms with van der Waals surface area (Å²) in [7, 11) is 2.13. The van der Waals surface area contributed by atoms with Crippen molar-refractivity contribution in [2.24, 2.45) is 0 Å². The van der Waals surface area contributed by atoms with Gasteiger partial charge in [-0.2, -0.15) is 20.1 Å². The predicted octanol–water partition coefficient (Wildman–Crippen LogP) is 3.81. The molecule has 0 atom stereocenters. The highest BCUT2D eigenvalue weighted by atomic mass is 32.2. The van der Waals surface area contributed by atoms with Crippen LogP contribution in [0.3, 0.4) is 0 Å². The first-order valence-electron chi connectivity index (χ1n) is 10.4. The van der Waals surface area contributed by atoms with Crippen LogP contribution in [-0.4, -0.2) is 63.3 Å². The van der Waals surface area contributed by atoms with Crippen LogP contribution in [0.1, 0.15) is 5.56 Å². The number of hydrogen-bond acceptors (Lipinski definition) is 9. The molecule has 32 heavy (non-hydrogen) atoms. The van der Waals surface area contributed by atoms with Gasteiger partial charge in [0.2, 0.25) is 11.9 Å². The summed E-state index contributed by atoms with van der Waals surface area (Å²) in [6, 6.07) is 13.8. The molecule has 1 aliphatic heterocycles. The minimum absolute atomic E-state index is 0.461. The average molecular weight is 449 g/mol. The Morgan fingerprint density at radius 3 is 2.66 bits per heavy atom. The average Bonchev–Trinajstić information content (AvgIpc) is 3.48. The van der Waals surface area contributed by atoms with E-state index in [4.69, 9.17) is 14.4 Å². The number of H-pyrrole nitrogens is 1. The van der Waals surface area contributed by atoms with Crippen molar-refractivity contribution in [1.82, 2.24) is 30.0 Å². The van der Waals surface area contributed by atoms with Gasteiger partial charge < -0.3 is 19.5 Å². The Bertz CT molecular complexity index is 1180. The number of benzene rings is 1. The summed E-state index contributed by atoms with van der Waals surface area (Å²) in [4.78, 5) is 19.8. The second-order valence-electron chi connectivity index (χ2n) is 7.67. The zero-order valence-corrected chi connectivity index (χ0v) is 18.8. The Morgan fingerprint density at radius 2 is 1.88 bits per heavy atom. The maximum absolute atomic E-state index is 5.43. The van der Waals surface area contributed by atoms with Crippen LogP contribution in [0.2, 0.25) is 0 Å². The first-order chi connectivity index (χ1) is 15.6. The second-order valence-corrected chi connectivity index (χ2v) is 8.68. The molecule has 1 fully saturated rings. The molecule has 9 nitrogen and oxygen atoms in total. The van der Waals surface area contributed by atoms with Crippen LogP contribution >= 0.6 is 11.8 Å². The van der Waals surface area contributed by atoms with Crippen molar-refractivity contribution in [3.05, 3.63) is 54.3 Å². The highest BCUT2D eigenvalue weighted by Gasteiger charge is 2.19. The third-order valence-corrected chi connectivity index (χ3v) is 6.33. The molecule has 1 aromatic carbocycles. The van der Waals surface area contributed by atoms with E-state index in [0.29, 0.717) is 22.9 Å². The van der Waals surface area contributed by atoms with Crippen LogP contribution in [0.15, 0.2) is 63.2 Å². The van der Waals surface area contributed by atoms with Gasteiger partial charge in [-0.25, -0.2) is 0 Å². The van der Waals surface area contributed by atoms with Crippen molar-refractivity contribution in [3.63, 3.8) is 0 Å². The first-order valence-corrected chi connectivity index (χ1v) is 11.2. The summed E-state index contributed by atoms with van der Waals surface area (Å²) in [5, 5.41) is 11.2. The number of nitrogens with one attached hydrogen (secondary N) is 2. The maximum Gasteiger partial charge on any atom is 0.234 e. The molecule has 4 heterocycles. The quantitative estimate of drug-likeness (QED) is 0.456. The van der Waals surface area contributed by atoms with Crippen molar-refractivity contribution in [2.45, 2.75) is 17.0 Å². The predicted molar refractivity (Wildman–Crippen MR) is 124 cm³/mol. The number of nitrogens with zero attached hydrogens (tertiary/aromatic N) is 6. The van der Waals surface area contributed by atoms with Crippen LogP contribution in [0, 0.1) is 6.92 Å². The molecular weight excluding hydrogens is 424 g/mol. The van der Waals surface area contributed by atoms with Gasteiger partial charge in [-0.3, -0.25) is 5.10 Å². The van der Waals surface area contributed by atoms with Crippen LogP contribution in [0.4, 0.5) is 17.7 Å². The Kier molecular flexibility index (Phi) is 5.78. The lowest BCUT2D eigenvalue weighted by atomic mass is 10.2. The lowest BCUT2D eigenvalue weighted by Gasteiger charge is -2.32. The topological polar surface area (TPSA) is 99.0 Å². The fourth-order valence-electron chi connectivity index (χ4n) is 3.42. The molecule has 3 aromatic heterocycles. The summed E-state index contributed by atoms with van der Waals surface area (Å²) >= 11 is 1.54. The van der Waals surface area contributed by atoms with Gasteiger partial charge in [0.05, 0.1) is 6.26 Å². The molecule has 4 aromatic rings. The Hall–Kier alpha value is -3.37. The molecule has 0 amide bonds. The number of rotatable bonds is 6. The number of aromatic amines is 1. The molecule has 0 aliphatic carbocycles. The highest BCUT2D eigenvalue weighted by Crippen LogP contribution is 2.30. The number of aryl methyl sites for hydroxylation is 1. The monoisotopic (exact) mass is 448 g/mol. The summed E-state index contributed by atoms with van der Waals surface area (Å²) in [5.41, 5.74) is 1.96. The molecule has 10 heteroatoms. The van der Waals surface area contributed by atoms with Gasteiger partial charge >= 0.3 is 0 Å². The van der Waals surface area contributed by atoms with Gasteiger partial charge in [0.1, 0.15) is 5.69 Å². The van der Waals surface area contributed by atoms with Crippen molar-refractivity contribution in [1.29, 1.82) is 0 Å². The molecular formula is C22H24N8OS. The standard InChI is InChI=1S/C22H24N8OS/c1-15-6-3-4-8-18(15)32-22-25-20(24-21(26-22)30-11-9-29(2)10-12-30)23-19-14-16(27-28-19)17-7-5-13-31-17/h3-8,13-14H,9-12H2,1-2H3,(H2,23,24,25,26,27,28). The van der Waals surface area contributed by atoms with Crippen molar-refractivity contribution in [2.75, 3.05) is 43.4 Å². The Balaban J connectivity index is 1.44. The van der Waals surface area contributed by atoms with E-state index < -0.39 is 0 Å². The third-order valence-electron chi connectivity index (χ3n) is 5.29. The smallest absolute Gasteiger partial charge is 0.234 e. The van der Waals surface area contributed by atoms with Crippen LogP contribution in [-0.2, 0) is 0 Å². The third kappa shape index (κ3) is 4.61.